The number of nitrogens with zero attached hydrogens (tertiary/aromatic N) is 5. The molecule has 9 heteroatoms. The molecule has 2 atom stereocenters. The van der Waals surface area contributed by atoms with E-state index in [1.54, 1.807) is 23.1 Å². The topological polar surface area (TPSA) is 106 Å². The molecular formula is C23H19FN6O2. The minimum absolute atomic E-state index is 0.0432. The van der Waals surface area contributed by atoms with Crippen molar-refractivity contribution in [3.05, 3.63) is 65.0 Å². The summed E-state index contributed by atoms with van der Waals surface area (Å²) < 4.78 is 14.0. The minimum atomic E-state index is -0.538. The summed E-state index contributed by atoms with van der Waals surface area (Å²) in [6.45, 7) is 2.32. The number of benzene rings is 2. The van der Waals surface area contributed by atoms with Gasteiger partial charge in [0.25, 0.3) is 5.91 Å². The number of aromatic nitrogens is 3. The van der Waals surface area contributed by atoms with Gasteiger partial charge >= 0.3 is 0 Å². The van der Waals surface area contributed by atoms with E-state index in [1.807, 2.05) is 11.0 Å². The second-order valence-corrected chi connectivity index (χ2v) is 8.18. The van der Waals surface area contributed by atoms with Crippen molar-refractivity contribution >= 4 is 28.9 Å². The first-order chi connectivity index (χ1) is 15.5. The Morgan fingerprint density at radius 1 is 1.03 bits per heavy atom. The average Bonchev–Trinajstić information content (AvgIpc) is 3.51. The first kappa shape index (κ1) is 19.9. The highest BCUT2D eigenvalue weighted by molar-refractivity contribution is 5.97. The molecule has 8 nitrogen and oxygen atoms in total. The molecule has 3 heterocycles. The van der Waals surface area contributed by atoms with E-state index in [0.29, 0.717) is 42.8 Å². The maximum atomic E-state index is 14.0. The highest BCUT2D eigenvalue weighted by Crippen LogP contribution is 2.32. The number of hydrogen-bond acceptors (Lipinski definition) is 5. The van der Waals surface area contributed by atoms with Gasteiger partial charge in [0.1, 0.15) is 16.9 Å². The predicted molar refractivity (Wildman–Crippen MR) is 114 cm³/mol. The lowest BCUT2D eigenvalue weighted by atomic mass is 10.0. The van der Waals surface area contributed by atoms with E-state index in [0.717, 1.165) is 6.07 Å². The molecule has 1 aromatic heterocycles. The zero-order valence-corrected chi connectivity index (χ0v) is 17.0. The van der Waals surface area contributed by atoms with Crippen molar-refractivity contribution in [1.82, 2.24) is 25.2 Å². The van der Waals surface area contributed by atoms with Gasteiger partial charge in [-0.25, -0.2) is 4.39 Å². The van der Waals surface area contributed by atoms with E-state index >= 15 is 0 Å². The molecule has 3 aromatic rings. The highest BCUT2D eigenvalue weighted by Gasteiger charge is 2.42. The third kappa shape index (κ3) is 3.60. The number of H-pyrrole nitrogens is 1. The summed E-state index contributed by atoms with van der Waals surface area (Å²) in [5, 5.41) is 19.4. The number of fused-ring (bicyclic) bond motifs is 2. The Morgan fingerprint density at radius 2 is 1.75 bits per heavy atom. The number of carbonyl (C=O) groups is 2. The molecule has 5 rings (SSSR count). The molecule has 0 radical (unpaired) electrons. The first-order valence-electron chi connectivity index (χ1n) is 10.3. The Bertz CT molecular complexity index is 1280. The third-order valence-electron chi connectivity index (χ3n) is 6.18. The van der Waals surface area contributed by atoms with E-state index in [-0.39, 0.29) is 34.8 Å². The lowest BCUT2D eigenvalue weighted by Crippen LogP contribution is -2.35. The van der Waals surface area contributed by atoms with E-state index in [9.17, 15) is 14.0 Å². The molecule has 0 aliphatic carbocycles. The Morgan fingerprint density at radius 3 is 2.47 bits per heavy atom. The van der Waals surface area contributed by atoms with Crippen LogP contribution >= 0.6 is 0 Å². The normalized spacial score (nSPS) is 20.1. The van der Waals surface area contributed by atoms with Gasteiger partial charge in [0.15, 0.2) is 0 Å². The van der Waals surface area contributed by atoms with Crippen molar-refractivity contribution in [2.24, 2.45) is 11.8 Å². The fourth-order valence-corrected chi connectivity index (χ4v) is 4.49. The molecule has 1 unspecified atom stereocenters. The maximum Gasteiger partial charge on any atom is 0.253 e. The molecule has 32 heavy (non-hydrogen) atoms. The van der Waals surface area contributed by atoms with Crippen LogP contribution in [0, 0.1) is 29.0 Å². The molecule has 1 N–H and O–H groups in total. The SMILES string of the molecule is N#Cc1ccc(/C=C/C(=O)N2CC3CN(C(=O)c4ccc5n[nH]nc5c4)C[C@H]3C2)c(F)c1. The average molecular weight is 430 g/mol. The third-order valence-corrected chi connectivity index (χ3v) is 6.18. The number of aromatic amines is 1. The number of halogens is 1. The molecule has 0 spiro atoms. The standard InChI is InChI=1S/C23H19FN6O2/c24-19-7-14(9-25)1-2-15(19)4-6-22(31)29-10-17-12-30(13-18(17)11-29)23(32)16-3-5-20-21(8-16)27-28-26-20/h1-8,17-18H,10-13H2,(H,26,27,28)/b6-4+/t17-,18?/m1/s1. The molecule has 2 aliphatic heterocycles. The largest absolute Gasteiger partial charge is 0.338 e. The molecule has 2 aliphatic rings. The van der Waals surface area contributed by atoms with Crippen LogP contribution in [0.15, 0.2) is 42.5 Å². The van der Waals surface area contributed by atoms with Gasteiger partial charge in [-0.05, 0) is 36.4 Å². The number of nitriles is 1. The van der Waals surface area contributed by atoms with Crippen LogP contribution in [0.4, 0.5) is 4.39 Å². The van der Waals surface area contributed by atoms with Crippen LogP contribution in [0.3, 0.4) is 0 Å². The summed E-state index contributed by atoms with van der Waals surface area (Å²) in [5.41, 5.74) is 2.43. The molecule has 0 saturated carbocycles. The molecule has 2 amide bonds. The molecule has 160 valence electrons. The summed E-state index contributed by atoms with van der Waals surface area (Å²) in [6, 6.07) is 11.3. The van der Waals surface area contributed by atoms with Crippen LogP contribution in [0.1, 0.15) is 21.5 Å². The van der Waals surface area contributed by atoms with Crippen molar-refractivity contribution in [2.45, 2.75) is 0 Å². The second-order valence-electron chi connectivity index (χ2n) is 8.18. The highest BCUT2D eigenvalue weighted by atomic mass is 19.1. The van der Waals surface area contributed by atoms with Gasteiger partial charge in [-0.2, -0.15) is 20.7 Å². The predicted octanol–water partition coefficient (Wildman–Crippen LogP) is 2.21. The van der Waals surface area contributed by atoms with Crippen LogP contribution in [0.25, 0.3) is 17.1 Å². The number of hydrogen-bond donors (Lipinski definition) is 1. The maximum absolute atomic E-state index is 14.0. The van der Waals surface area contributed by atoms with Gasteiger partial charge in [0, 0.05) is 55.2 Å². The number of amides is 2. The molecular weight excluding hydrogens is 411 g/mol. The monoisotopic (exact) mass is 430 g/mol. The fourth-order valence-electron chi connectivity index (χ4n) is 4.49. The lowest BCUT2D eigenvalue weighted by molar-refractivity contribution is -0.125. The van der Waals surface area contributed by atoms with E-state index in [1.165, 1.54) is 24.3 Å². The van der Waals surface area contributed by atoms with Crippen LogP contribution in [-0.4, -0.2) is 63.2 Å². The van der Waals surface area contributed by atoms with Crippen LogP contribution < -0.4 is 0 Å². The number of likely N-dealkylation sites (tertiary alicyclic amines) is 2. The smallest absolute Gasteiger partial charge is 0.253 e. The lowest BCUT2D eigenvalue weighted by Gasteiger charge is -2.21. The molecule has 2 saturated heterocycles. The van der Waals surface area contributed by atoms with Crippen molar-refractivity contribution in [1.29, 1.82) is 5.26 Å². The zero-order chi connectivity index (χ0) is 22.2. The van der Waals surface area contributed by atoms with Gasteiger partial charge in [-0.3, -0.25) is 9.59 Å². The Kier molecular flexibility index (Phi) is 4.90. The zero-order valence-electron chi connectivity index (χ0n) is 17.0. The first-order valence-corrected chi connectivity index (χ1v) is 10.3. The summed E-state index contributed by atoms with van der Waals surface area (Å²) in [4.78, 5) is 29.1. The van der Waals surface area contributed by atoms with Crippen molar-refractivity contribution in [3.8, 4) is 6.07 Å². The van der Waals surface area contributed by atoms with Crippen molar-refractivity contribution in [2.75, 3.05) is 26.2 Å². The summed E-state index contributed by atoms with van der Waals surface area (Å²) in [7, 11) is 0. The summed E-state index contributed by atoms with van der Waals surface area (Å²) in [6.07, 6.45) is 2.80. The van der Waals surface area contributed by atoms with Crippen molar-refractivity contribution < 1.29 is 14.0 Å². The van der Waals surface area contributed by atoms with Gasteiger partial charge in [0.2, 0.25) is 5.91 Å². The van der Waals surface area contributed by atoms with E-state index in [2.05, 4.69) is 15.4 Å². The Hall–Kier alpha value is -4.06. The van der Waals surface area contributed by atoms with Crippen LogP contribution in [-0.2, 0) is 4.79 Å². The van der Waals surface area contributed by atoms with Gasteiger partial charge in [0.05, 0.1) is 11.6 Å². The van der Waals surface area contributed by atoms with Crippen LogP contribution in [0.5, 0.6) is 0 Å². The van der Waals surface area contributed by atoms with Crippen molar-refractivity contribution in [3.63, 3.8) is 0 Å². The van der Waals surface area contributed by atoms with E-state index in [4.69, 9.17) is 5.26 Å². The molecule has 0 bridgehead atoms. The number of nitrogens with one attached hydrogen (secondary N) is 1. The molecule has 2 fully saturated rings. The van der Waals surface area contributed by atoms with Gasteiger partial charge < -0.3 is 9.80 Å². The van der Waals surface area contributed by atoms with Crippen LogP contribution in [0.2, 0.25) is 0 Å². The van der Waals surface area contributed by atoms with Gasteiger partial charge in [-0.1, -0.05) is 6.07 Å². The fraction of sp³-hybridized carbons (Fsp3) is 0.261. The van der Waals surface area contributed by atoms with Gasteiger partial charge in [-0.15, -0.1) is 0 Å². The number of rotatable bonds is 3. The number of carbonyl (C=O) groups excluding carboxylic acids is 2. The summed E-state index contributed by atoms with van der Waals surface area (Å²) in [5.74, 6) is -0.322. The Balaban J connectivity index is 1.20. The second kappa shape index (κ2) is 7.89. The quantitative estimate of drug-likeness (QED) is 0.642. The van der Waals surface area contributed by atoms with E-state index < -0.39 is 5.82 Å². The summed E-state index contributed by atoms with van der Waals surface area (Å²) >= 11 is 0. The minimum Gasteiger partial charge on any atom is -0.338 e. The Labute approximate surface area is 182 Å². The molecule has 2 aromatic carbocycles.